The average molecular weight is 646 g/mol. The van der Waals surface area contributed by atoms with Crippen molar-refractivity contribution < 1.29 is 0 Å². The van der Waals surface area contributed by atoms with Crippen LogP contribution < -0.4 is 0 Å². The first kappa shape index (κ1) is 28.5. The molecule has 1 N–H and O–H groups in total. The lowest BCUT2D eigenvalue weighted by Gasteiger charge is -2.16. The van der Waals surface area contributed by atoms with Gasteiger partial charge in [-0.05, 0) is 54.3 Å². The fourth-order valence-electron chi connectivity index (χ4n) is 7.36. The van der Waals surface area contributed by atoms with E-state index in [2.05, 4.69) is 82.4 Å². The number of aromatic nitrogens is 5. The Balaban J connectivity index is 1.09. The highest BCUT2D eigenvalue weighted by molar-refractivity contribution is 6.17. The standard InChI is InChI=1S/C43H31N7/c1-3-11-27(12-4-1)40-47-41(28-13-5-2-6-14-28)49-43(48-40)42-44-24-23-39(46-42)50-37-18-10-8-16-32(37)34-26-30(20-22-38(34)50)29-19-21-36-33(25-29)31-15-7-9-17-35(31)45-36/h1-8,10-16,18-22,25-26,45H,9,17,23-24H2. The zero-order valence-corrected chi connectivity index (χ0v) is 27.2. The summed E-state index contributed by atoms with van der Waals surface area (Å²) >= 11 is 0. The summed E-state index contributed by atoms with van der Waals surface area (Å²) in [4.78, 5) is 28.3. The first-order valence-corrected chi connectivity index (χ1v) is 17.1. The number of allylic oxidation sites excluding steroid dienone is 1. The van der Waals surface area contributed by atoms with Gasteiger partial charge in [0, 0.05) is 57.0 Å². The summed E-state index contributed by atoms with van der Waals surface area (Å²) in [5.41, 5.74) is 10.3. The van der Waals surface area contributed by atoms with E-state index in [0.717, 1.165) is 40.8 Å². The van der Waals surface area contributed by atoms with Crippen molar-refractivity contribution in [3.05, 3.63) is 144 Å². The van der Waals surface area contributed by atoms with Crippen LogP contribution in [0.25, 0.3) is 72.7 Å². The van der Waals surface area contributed by atoms with Crippen LogP contribution in [0.15, 0.2) is 137 Å². The lowest BCUT2D eigenvalue weighted by molar-refractivity contribution is 0.951. The van der Waals surface area contributed by atoms with Crippen LogP contribution in [0.1, 0.15) is 29.9 Å². The van der Waals surface area contributed by atoms with Crippen LogP contribution >= 0.6 is 0 Å². The molecule has 7 heteroatoms. The third-order valence-corrected chi connectivity index (χ3v) is 9.76. The number of amidine groups is 1. The molecule has 0 saturated carbocycles. The molecular formula is C43H31N7. The second kappa shape index (κ2) is 11.6. The highest BCUT2D eigenvalue weighted by atomic mass is 15.2. The first-order valence-electron chi connectivity index (χ1n) is 17.1. The Hall–Kier alpha value is -6.47. The molecule has 0 radical (unpaired) electrons. The van der Waals surface area contributed by atoms with Gasteiger partial charge in [0.05, 0.1) is 11.0 Å². The smallest absolute Gasteiger partial charge is 0.201 e. The van der Waals surface area contributed by atoms with Crippen LogP contribution in [-0.2, 0) is 6.42 Å². The Morgan fingerprint density at radius 1 is 0.560 bits per heavy atom. The third-order valence-electron chi connectivity index (χ3n) is 9.76. The number of aliphatic imine (C=N–C) groups is 2. The van der Waals surface area contributed by atoms with Gasteiger partial charge in [-0.15, -0.1) is 0 Å². The van der Waals surface area contributed by atoms with Crippen molar-refractivity contribution in [1.29, 1.82) is 0 Å². The minimum atomic E-state index is 0.468. The first-order chi connectivity index (χ1) is 24.8. The molecule has 10 rings (SSSR count). The third kappa shape index (κ3) is 4.77. The number of nitrogens with zero attached hydrogens (tertiary/aromatic N) is 6. The van der Waals surface area contributed by atoms with Crippen LogP contribution in [0.2, 0.25) is 0 Å². The fraction of sp³-hybridized carbons (Fsp3) is 0.0930. The van der Waals surface area contributed by atoms with E-state index in [0.29, 0.717) is 36.3 Å². The SMILES string of the molecule is C1=Cc2c([nH]c3ccc(-c4ccc5c(c4)c4ccccc4n5C4=NC(c5nc(-c6ccccc6)nc(-c6ccccc6)n5)=NCC4)cc23)CC1. The number of aryl methyl sites for hydroxylation is 1. The quantitative estimate of drug-likeness (QED) is 0.207. The molecule has 0 bridgehead atoms. The van der Waals surface area contributed by atoms with Gasteiger partial charge in [-0.2, -0.15) is 0 Å². The molecule has 8 aromatic rings. The van der Waals surface area contributed by atoms with Gasteiger partial charge in [0.15, 0.2) is 17.5 Å². The van der Waals surface area contributed by atoms with E-state index in [4.69, 9.17) is 24.9 Å². The summed E-state index contributed by atoms with van der Waals surface area (Å²) in [6.07, 6.45) is 7.39. The number of hydrogen-bond donors (Lipinski definition) is 1. The van der Waals surface area contributed by atoms with Crippen LogP contribution in [0.5, 0.6) is 0 Å². The Morgan fingerprint density at radius 3 is 2.00 bits per heavy atom. The Bertz CT molecular complexity index is 2640. The van der Waals surface area contributed by atoms with Crippen molar-refractivity contribution >= 4 is 50.5 Å². The molecule has 0 saturated heterocycles. The molecule has 3 aromatic heterocycles. The van der Waals surface area contributed by atoms with E-state index in [1.807, 2.05) is 60.7 Å². The normalized spacial score (nSPS) is 14.2. The van der Waals surface area contributed by atoms with E-state index in [1.54, 1.807) is 0 Å². The van der Waals surface area contributed by atoms with Crippen LogP contribution in [0.3, 0.4) is 0 Å². The number of aromatic amines is 1. The van der Waals surface area contributed by atoms with Crippen molar-refractivity contribution in [3.8, 4) is 33.9 Å². The van der Waals surface area contributed by atoms with Gasteiger partial charge in [-0.25, -0.2) is 19.9 Å². The maximum absolute atomic E-state index is 5.18. The van der Waals surface area contributed by atoms with Crippen LogP contribution in [0.4, 0.5) is 0 Å². The van der Waals surface area contributed by atoms with Gasteiger partial charge in [0.1, 0.15) is 5.84 Å². The molecule has 0 unspecified atom stereocenters. The topological polar surface area (TPSA) is 84.1 Å². The zero-order valence-electron chi connectivity index (χ0n) is 27.2. The predicted molar refractivity (Wildman–Crippen MR) is 204 cm³/mol. The largest absolute Gasteiger partial charge is 0.358 e. The number of H-pyrrole nitrogens is 1. The van der Waals surface area contributed by atoms with Gasteiger partial charge >= 0.3 is 0 Å². The summed E-state index contributed by atoms with van der Waals surface area (Å²) in [6.45, 7) is 0.586. The molecule has 238 valence electrons. The molecule has 7 nitrogen and oxygen atoms in total. The summed E-state index contributed by atoms with van der Waals surface area (Å²) in [7, 11) is 0. The Kier molecular flexibility index (Phi) is 6.62. The highest BCUT2D eigenvalue weighted by Gasteiger charge is 2.22. The molecular weight excluding hydrogens is 615 g/mol. The number of rotatable bonds is 4. The second-order valence-electron chi connectivity index (χ2n) is 12.8. The van der Waals surface area contributed by atoms with Crippen LogP contribution in [0, 0.1) is 0 Å². The van der Waals surface area contributed by atoms with Gasteiger partial charge in [-0.1, -0.05) is 103 Å². The van der Waals surface area contributed by atoms with E-state index in [1.165, 1.54) is 44.1 Å². The fourth-order valence-corrected chi connectivity index (χ4v) is 7.36. The summed E-state index contributed by atoms with van der Waals surface area (Å²) in [6, 6.07) is 42.2. The van der Waals surface area contributed by atoms with Gasteiger partial charge in [0.2, 0.25) is 5.82 Å². The summed E-state index contributed by atoms with van der Waals surface area (Å²) < 4.78 is 2.29. The van der Waals surface area contributed by atoms with Gasteiger partial charge < -0.3 is 4.98 Å². The average Bonchev–Trinajstić information content (AvgIpc) is 3.73. The van der Waals surface area contributed by atoms with Crippen LogP contribution in [-0.4, -0.2) is 42.7 Å². The van der Waals surface area contributed by atoms with Crippen molar-refractivity contribution in [3.63, 3.8) is 0 Å². The van der Waals surface area contributed by atoms with E-state index < -0.39 is 0 Å². The second-order valence-corrected chi connectivity index (χ2v) is 12.8. The summed E-state index contributed by atoms with van der Waals surface area (Å²) in [5, 5.41) is 3.67. The minimum absolute atomic E-state index is 0.468. The summed E-state index contributed by atoms with van der Waals surface area (Å²) in [5.74, 6) is 3.10. The number of fused-ring (bicyclic) bond motifs is 6. The lowest BCUT2D eigenvalue weighted by Crippen LogP contribution is -2.21. The number of hydrogen-bond acceptors (Lipinski definition) is 5. The minimum Gasteiger partial charge on any atom is -0.358 e. The zero-order chi connectivity index (χ0) is 33.0. The molecule has 2 aliphatic rings. The number of para-hydroxylation sites is 1. The van der Waals surface area contributed by atoms with Gasteiger partial charge in [0.25, 0.3) is 0 Å². The molecule has 50 heavy (non-hydrogen) atoms. The lowest BCUT2D eigenvalue weighted by atomic mass is 9.98. The molecule has 0 spiro atoms. The van der Waals surface area contributed by atoms with Crippen molar-refractivity contribution in [2.24, 2.45) is 9.98 Å². The van der Waals surface area contributed by atoms with E-state index in [9.17, 15) is 0 Å². The Labute approximate surface area is 288 Å². The highest BCUT2D eigenvalue weighted by Crippen LogP contribution is 2.36. The van der Waals surface area contributed by atoms with Crippen molar-refractivity contribution in [2.45, 2.75) is 19.3 Å². The van der Waals surface area contributed by atoms with Gasteiger partial charge in [-0.3, -0.25) is 9.56 Å². The monoisotopic (exact) mass is 645 g/mol. The van der Waals surface area contributed by atoms with Crippen molar-refractivity contribution in [1.82, 2.24) is 24.5 Å². The molecule has 5 aromatic carbocycles. The van der Waals surface area contributed by atoms with E-state index in [-0.39, 0.29) is 0 Å². The molecule has 0 amide bonds. The number of nitrogens with one attached hydrogen (secondary N) is 1. The van der Waals surface area contributed by atoms with Crippen molar-refractivity contribution in [2.75, 3.05) is 6.54 Å². The molecule has 1 aliphatic carbocycles. The molecule has 1 aliphatic heterocycles. The number of benzene rings is 5. The predicted octanol–water partition coefficient (Wildman–Crippen LogP) is 9.52. The molecule has 0 atom stereocenters. The Morgan fingerprint density at radius 2 is 1.22 bits per heavy atom. The maximum Gasteiger partial charge on any atom is 0.201 e. The van der Waals surface area contributed by atoms with E-state index >= 15 is 0 Å². The molecule has 4 heterocycles. The maximum atomic E-state index is 5.18. The molecule has 0 fully saturated rings.